The van der Waals surface area contributed by atoms with Crippen LogP contribution in [0.5, 0.6) is 0 Å². The molecule has 0 saturated heterocycles. The van der Waals surface area contributed by atoms with Crippen LogP contribution >= 0.6 is 0 Å². The van der Waals surface area contributed by atoms with Crippen LogP contribution in [-0.2, 0) is 11.3 Å². The third-order valence-electron chi connectivity index (χ3n) is 2.54. The van der Waals surface area contributed by atoms with Crippen molar-refractivity contribution in [2.75, 3.05) is 6.61 Å². The van der Waals surface area contributed by atoms with Crippen molar-refractivity contribution in [3.8, 4) is 0 Å². The van der Waals surface area contributed by atoms with Crippen molar-refractivity contribution in [3.63, 3.8) is 0 Å². The van der Waals surface area contributed by atoms with Crippen LogP contribution in [0.1, 0.15) is 37.8 Å². The Bertz CT molecular complexity index is 279. The topological polar surface area (TPSA) is 35.2 Å². The van der Waals surface area contributed by atoms with Gasteiger partial charge in [0.15, 0.2) is 0 Å². The molecular weight excluding hydrogens is 186 g/mol. The minimum Gasteiger partial charge on any atom is -0.304 e. The molecule has 0 aliphatic heterocycles. The normalized spacial score (nSPS) is 13.1. The minimum absolute atomic E-state index is 0.364. The van der Waals surface area contributed by atoms with Gasteiger partial charge in [-0.2, -0.15) is 0 Å². The molecule has 0 aromatic heterocycles. The summed E-state index contributed by atoms with van der Waals surface area (Å²) in [5.74, 6) is 6.14. The minimum atomic E-state index is 0.364. The third-order valence-corrected chi connectivity index (χ3v) is 2.54. The average molecular weight is 207 g/mol. The molecule has 1 aromatic carbocycles. The van der Waals surface area contributed by atoms with Gasteiger partial charge >= 0.3 is 0 Å². The van der Waals surface area contributed by atoms with Gasteiger partial charge in [0.05, 0.1) is 6.61 Å². The van der Waals surface area contributed by atoms with E-state index in [0.717, 1.165) is 6.42 Å². The number of hydrogen-bond donors (Lipinski definition) is 1. The van der Waals surface area contributed by atoms with Crippen molar-refractivity contribution in [2.45, 2.75) is 33.1 Å². The Kier molecular flexibility index (Phi) is 4.79. The highest BCUT2D eigenvalue weighted by molar-refractivity contribution is 5.25. The Labute approximate surface area is 92.4 Å². The van der Waals surface area contributed by atoms with Crippen LogP contribution in [0, 0.1) is 5.92 Å². The molecule has 2 nitrogen and oxygen atoms in total. The van der Waals surface area contributed by atoms with Gasteiger partial charge in [-0.05, 0) is 23.5 Å². The second kappa shape index (κ2) is 5.89. The zero-order chi connectivity index (χ0) is 11.3. The Morgan fingerprint density at radius 3 is 2.20 bits per heavy atom. The summed E-state index contributed by atoms with van der Waals surface area (Å²) < 4.78 is 0. The molecule has 0 saturated carbocycles. The first-order valence-electron chi connectivity index (χ1n) is 5.54. The maximum atomic E-state index is 5.06. The molecule has 0 fully saturated rings. The maximum absolute atomic E-state index is 5.06. The van der Waals surface area contributed by atoms with E-state index in [2.05, 4.69) is 49.9 Å². The predicted octanol–water partition coefficient (Wildman–Crippen LogP) is 2.88. The fourth-order valence-electron chi connectivity index (χ4n) is 1.69. The van der Waals surface area contributed by atoms with Crippen LogP contribution < -0.4 is 5.90 Å². The summed E-state index contributed by atoms with van der Waals surface area (Å²) in [6, 6.07) is 8.73. The highest BCUT2D eigenvalue weighted by atomic mass is 16.6. The van der Waals surface area contributed by atoms with E-state index >= 15 is 0 Å². The summed E-state index contributed by atoms with van der Waals surface area (Å²) in [4.78, 5) is 4.65. The fraction of sp³-hybridized carbons (Fsp3) is 0.538. The molecule has 15 heavy (non-hydrogen) atoms. The second-order valence-electron chi connectivity index (χ2n) is 4.57. The van der Waals surface area contributed by atoms with Crippen molar-refractivity contribution in [2.24, 2.45) is 11.8 Å². The van der Waals surface area contributed by atoms with Crippen molar-refractivity contribution < 1.29 is 4.84 Å². The molecular formula is C13H21NO. The molecule has 0 aliphatic rings. The first kappa shape index (κ1) is 12.2. The molecule has 1 unspecified atom stereocenters. The van der Waals surface area contributed by atoms with Gasteiger partial charge < -0.3 is 4.84 Å². The molecule has 2 heteroatoms. The fourth-order valence-corrected chi connectivity index (χ4v) is 1.69. The lowest BCUT2D eigenvalue weighted by atomic mass is 9.97. The molecule has 0 spiro atoms. The SMILES string of the molecule is CC(C)Cc1ccc(C(C)CON)cc1. The Morgan fingerprint density at radius 2 is 1.73 bits per heavy atom. The second-order valence-corrected chi connectivity index (χ2v) is 4.57. The van der Waals surface area contributed by atoms with Crippen molar-refractivity contribution >= 4 is 0 Å². The summed E-state index contributed by atoms with van der Waals surface area (Å²) in [6.45, 7) is 7.16. The molecule has 1 atom stereocenters. The van der Waals surface area contributed by atoms with Gasteiger partial charge in [0.2, 0.25) is 0 Å². The predicted molar refractivity (Wildman–Crippen MR) is 63.5 cm³/mol. The molecule has 84 valence electrons. The standard InChI is InChI=1S/C13H21NO/c1-10(2)8-12-4-6-13(7-5-12)11(3)9-15-14/h4-7,10-11H,8-9,14H2,1-3H3. The number of benzene rings is 1. The van der Waals surface area contributed by atoms with Crippen LogP contribution in [0.4, 0.5) is 0 Å². The summed E-state index contributed by atoms with van der Waals surface area (Å²) in [6.07, 6.45) is 1.14. The van der Waals surface area contributed by atoms with E-state index in [0.29, 0.717) is 18.4 Å². The molecule has 0 heterocycles. The van der Waals surface area contributed by atoms with Gasteiger partial charge in [-0.15, -0.1) is 0 Å². The summed E-state index contributed by atoms with van der Waals surface area (Å²) in [5, 5.41) is 0. The van der Waals surface area contributed by atoms with Gasteiger partial charge in [0.1, 0.15) is 0 Å². The van der Waals surface area contributed by atoms with Gasteiger partial charge in [-0.3, -0.25) is 0 Å². The van der Waals surface area contributed by atoms with Crippen LogP contribution in [-0.4, -0.2) is 6.61 Å². The summed E-state index contributed by atoms with van der Waals surface area (Å²) in [5.41, 5.74) is 2.68. The van der Waals surface area contributed by atoms with E-state index in [1.807, 2.05) is 0 Å². The highest BCUT2D eigenvalue weighted by Gasteiger charge is 2.05. The Balaban J connectivity index is 2.63. The van der Waals surface area contributed by atoms with Gasteiger partial charge in [-0.1, -0.05) is 45.0 Å². The van der Waals surface area contributed by atoms with E-state index < -0.39 is 0 Å². The number of hydrogen-bond acceptors (Lipinski definition) is 2. The van der Waals surface area contributed by atoms with Crippen LogP contribution in [0.2, 0.25) is 0 Å². The van der Waals surface area contributed by atoms with E-state index in [1.54, 1.807) is 0 Å². The first-order valence-corrected chi connectivity index (χ1v) is 5.54. The average Bonchev–Trinajstić information content (AvgIpc) is 2.18. The van der Waals surface area contributed by atoms with Gasteiger partial charge in [0.25, 0.3) is 0 Å². The molecule has 0 aliphatic carbocycles. The van der Waals surface area contributed by atoms with E-state index in [9.17, 15) is 0 Å². The lowest BCUT2D eigenvalue weighted by Gasteiger charge is -2.11. The molecule has 0 amide bonds. The smallest absolute Gasteiger partial charge is 0.0745 e. The Hall–Kier alpha value is -0.860. The zero-order valence-corrected chi connectivity index (χ0v) is 9.86. The van der Waals surface area contributed by atoms with Gasteiger partial charge in [0, 0.05) is 5.92 Å². The van der Waals surface area contributed by atoms with E-state index in [1.165, 1.54) is 11.1 Å². The van der Waals surface area contributed by atoms with Crippen LogP contribution in [0.15, 0.2) is 24.3 Å². The third kappa shape index (κ3) is 4.02. The van der Waals surface area contributed by atoms with Crippen molar-refractivity contribution in [1.29, 1.82) is 0 Å². The van der Waals surface area contributed by atoms with E-state index in [-0.39, 0.29) is 0 Å². The Morgan fingerprint density at radius 1 is 1.13 bits per heavy atom. The lowest BCUT2D eigenvalue weighted by molar-refractivity contribution is 0.126. The maximum Gasteiger partial charge on any atom is 0.0745 e. The summed E-state index contributed by atoms with van der Waals surface area (Å²) in [7, 11) is 0. The van der Waals surface area contributed by atoms with E-state index in [4.69, 9.17) is 5.90 Å². The van der Waals surface area contributed by atoms with Crippen LogP contribution in [0.25, 0.3) is 0 Å². The monoisotopic (exact) mass is 207 g/mol. The molecule has 1 rings (SSSR count). The van der Waals surface area contributed by atoms with Crippen molar-refractivity contribution in [1.82, 2.24) is 0 Å². The largest absolute Gasteiger partial charge is 0.304 e. The quantitative estimate of drug-likeness (QED) is 0.753. The number of nitrogens with two attached hydrogens (primary N) is 1. The zero-order valence-electron chi connectivity index (χ0n) is 9.86. The first-order chi connectivity index (χ1) is 7.13. The van der Waals surface area contributed by atoms with Crippen molar-refractivity contribution in [3.05, 3.63) is 35.4 Å². The highest BCUT2D eigenvalue weighted by Crippen LogP contribution is 2.17. The summed E-state index contributed by atoms with van der Waals surface area (Å²) >= 11 is 0. The molecule has 0 radical (unpaired) electrons. The van der Waals surface area contributed by atoms with Crippen LogP contribution in [0.3, 0.4) is 0 Å². The molecule has 1 aromatic rings. The molecule has 0 bridgehead atoms. The number of rotatable bonds is 5. The lowest BCUT2D eigenvalue weighted by Crippen LogP contribution is -2.08. The molecule has 2 N–H and O–H groups in total. The van der Waals surface area contributed by atoms with Gasteiger partial charge in [-0.25, -0.2) is 5.90 Å².